The van der Waals surface area contributed by atoms with Gasteiger partial charge in [-0.25, -0.2) is 0 Å². The minimum Gasteiger partial charge on any atom is -0.490 e. The van der Waals surface area contributed by atoms with Crippen molar-refractivity contribution in [1.82, 2.24) is 9.80 Å². The molecule has 0 spiro atoms. The second kappa shape index (κ2) is 8.70. The van der Waals surface area contributed by atoms with Crippen LogP contribution in [0.5, 0.6) is 5.75 Å². The van der Waals surface area contributed by atoms with Gasteiger partial charge in [0.15, 0.2) is 0 Å². The molecular formula is C21H32N2O2. The Morgan fingerprint density at radius 1 is 1.16 bits per heavy atom. The molecule has 2 aliphatic rings. The number of ether oxygens (including phenoxy) is 1. The standard InChI is InChI=1S/C21H32N2O2/c1-22(2)18-12-14-23(15-13-18)21(24)11-10-17-6-5-9-20(16-17)25-19-7-3-4-8-19/h5-6,9,16,18-19H,3-4,7-8,10-15H2,1-2H3. The molecule has 25 heavy (non-hydrogen) atoms. The van der Waals surface area contributed by atoms with Gasteiger partial charge in [0.05, 0.1) is 6.10 Å². The molecule has 0 bridgehead atoms. The SMILES string of the molecule is CN(C)C1CCN(C(=O)CCc2cccc(OC3CCCC3)c2)CC1. The predicted octanol–water partition coefficient (Wildman–Crippen LogP) is 3.49. The van der Waals surface area contributed by atoms with E-state index in [0.717, 1.165) is 38.1 Å². The number of carbonyl (C=O) groups is 1. The number of piperidine rings is 1. The Bertz CT molecular complexity index is 559. The van der Waals surface area contributed by atoms with Crippen molar-refractivity contribution >= 4 is 5.91 Å². The quantitative estimate of drug-likeness (QED) is 0.792. The van der Waals surface area contributed by atoms with Crippen molar-refractivity contribution < 1.29 is 9.53 Å². The third-order valence-electron chi connectivity index (χ3n) is 5.68. The summed E-state index contributed by atoms with van der Waals surface area (Å²) >= 11 is 0. The van der Waals surface area contributed by atoms with Gasteiger partial charge < -0.3 is 14.5 Å². The van der Waals surface area contributed by atoms with Gasteiger partial charge in [-0.05, 0) is 76.7 Å². The van der Waals surface area contributed by atoms with Gasteiger partial charge in [0, 0.05) is 25.6 Å². The van der Waals surface area contributed by atoms with Crippen molar-refractivity contribution in [2.45, 2.75) is 63.5 Å². The van der Waals surface area contributed by atoms with E-state index < -0.39 is 0 Å². The normalized spacial score (nSPS) is 19.6. The molecule has 0 aromatic heterocycles. The van der Waals surface area contributed by atoms with E-state index in [1.807, 2.05) is 17.0 Å². The van der Waals surface area contributed by atoms with Gasteiger partial charge in [0.2, 0.25) is 5.91 Å². The van der Waals surface area contributed by atoms with Crippen LogP contribution in [0, 0.1) is 0 Å². The molecular weight excluding hydrogens is 312 g/mol. The van der Waals surface area contributed by atoms with Crippen LogP contribution in [0.15, 0.2) is 24.3 Å². The first-order chi connectivity index (χ1) is 12.1. The summed E-state index contributed by atoms with van der Waals surface area (Å²) in [7, 11) is 4.26. The molecule has 1 aliphatic heterocycles. The van der Waals surface area contributed by atoms with E-state index in [-0.39, 0.29) is 0 Å². The molecule has 1 heterocycles. The molecule has 1 aliphatic carbocycles. The number of amides is 1. The van der Waals surface area contributed by atoms with Gasteiger partial charge in [0.1, 0.15) is 5.75 Å². The van der Waals surface area contributed by atoms with E-state index in [0.29, 0.717) is 24.5 Å². The zero-order chi connectivity index (χ0) is 17.6. The van der Waals surface area contributed by atoms with Crippen LogP contribution in [-0.2, 0) is 11.2 Å². The summed E-state index contributed by atoms with van der Waals surface area (Å²) in [6.07, 6.45) is 8.86. The molecule has 1 aromatic rings. The van der Waals surface area contributed by atoms with Crippen molar-refractivity contribution in [2.24, 2.45) is 0 Å². The Balaban J connectivity index is 1.45. The molecule has 2 fully saturated rings. The maximum atomic E-state index is 12.5. The van der Waals surface area contributed by atoms with Crippen LogP contribution < -0.4 is 4.74 Å². The lowest BCUT2D eigenvalue weighted by Crippen LogP contribution is -2.44. The van der Waals surface area contributed by atoms with E-state index in [9.17, 15) is 4.79 Å². The fourth-order valence-corrected chi connectivity index (χ4v) is 4.01. The highest BCUT2D eigenvalue weighted by molar-refractivity contribution is 5.76. The topological polar surface area (TPSA) is 32.8 Å². The van der Waals surface area contributed by atoms with Crippen LogP contribution in [0.25, 0.3) is 0 Å². The van der Waals surface area contributed by atoms with Gasteiger partial charge in [-0.15, -0.1) is 0 Å². The first-order valence-corrected chi connectivity index (χ1v) is 9.81. The number of nitrogens with zero attached hydrogens (tertiary/aromatic N) is 2. The maximum Gasteiger partial charge on any atom is 0.222 e. The molecule has 4 nitrogen and oxygen atoms in total. The Morgan fingerprint density at radius 2 is 1.88 bits per heavy atom. The fourth-order valence-electron chi connectivity index (χ4n) is 4.01. The van der Waals surface area contributed by atoms with E-state index >= 15 is 0 Å². The summed E-state index contributed by atoms with van der Waals surface area (Å²) in [5.74, 6) is 1.25. The van der Waals surface area contributed by atoms with E-state index in [1.165, 1.54) is 31.2 Å². The summed E-state index contributed by atoms with van der Waals surface area (Å²) in [5.41, 5.74) is 1.20. The Morgan fingerprint density at radius 3 is 2.56 bits per heavy atom. The molecule has 1 saturated carbocycles. The van der Waals surface area contributed by atoms with Crippen molar-refractivity contribution in [3.63, 3.8) is 0 Å². The number of hydrogen-bond donors (Lipinski definition) is 0. The zero-order valence-corrected chi connectivity index (χ0v) is 15.7. The van der Waals surface area contributed by atoms with Gasteiger partial charge in [-0.1, -0.05) is 12.1 Å². The van der Waals surface area contributed by atoms with Gasteiger partial charge in [0.25, 0.3) is 0 Å². The van der Waals surface area contributed by atoms with E-state index in [1.54, 1.807) is 0 Å². The number of likely N-dealkylation sites (tertiary alicyclic amines) is 1. The predicted molar refractivity (Wildman–Crippen MR) is 101 cm³/mol. The fraction of sp³-hybridized carbons (Fsp3) is 0.667. The zero-order valence-electron chi connectivity index (χ0n) is 15.7. The summed E-state index contributed by atoms with van der Waals surface area (Å²) in [5, 5.41) is 0. The van der Waals surface area contributed by atoms with Crippen molar-refractivity contribution in [1.29, 1.82) is 0 Å². The van der Waals surface area contributed by atoms with Gasteiger partial charge >= 0.3 is 0 Å². The van der Waals surface area contributed by atoms with Gasteiger partial charge in [-0.3, -0.25) is 4.79 Å². The third kappa shape index (κ3) is 5.21. The number of benzene rings is 1. The van der Waals surface area contributed by atoms with Crippen LogP contribution in [-0.4, -0.2) is 55.0 Å². The molecule has 0 unspecified atom stereocenters. The summed E-state index contributed by atoms with van der Waals surface area (Å²) in [6.45, 7) is 1.79. The average Bonchev–Trinajstić information content (AvgIpc) is 3.13. The lowest BCUT2D eigenvalue weighted by molar-refractivity contribution is -0.132. The second-order valence-corrected chi connectivity index (χ2v) is 7.75. The highest BCUT2D eigenvalue weighted by atomic mass is 16.5. The number of carbonyl (C=O) groups excluding carboxylic acids is 1. The monoisotopic (exact) mass is 344 g/mol. The summed E-state index contributed by atoms with van der Waals surface area (Å²) in [6, 6.07) is 8.92. The summed E-state index contributed by atoms with van der Waals surface area (Å²) < 4.78 is 6.07. The molecule has 4 heteroatoms. The van der Waals surface area contributed by atoms with E-state index in [2.05, 4.69) is 31.1 Å². The van der Waals surface area contributed by atoms with Gasteiger partial charge in [-0.2, -0.15) is 0 Å². The largest absolute Gasteiger partial charge is 0.490 e. The molecule has 0 radical (unpaired) electrons. The summed E-state index contributed by atoms with van der Waals surface area (Å²) in [4.78, 5) is 16.8. The Labute approximate surface area is 152 Å². The Kier molecular flexibility index (Phi) is 6.35. The van der Waals surface area contributed by atoms with E-state index in [4.69, 9.17) is 4.74 Å². The smallest absolute Gasteiger partial charge is 0.222 e. The highest BCUT2D eigenvalue weighted by Crippen LogP contribution is 2.25. The minimum absolute atomic E-state index is 0.291. The van der Waals surface area contributed by atoms with Crippen LogP contribution in [0.2, 0.25) is 0 Å². The molecule has 1 saturated heterocycles. The first kappa shape index (κ1) is 18.2. The maximum absolute atomic E-state index is 12.5. The molecule has 138 valence electrons. The number of hydrogen-bond acceptors (Lipinski definition) is 3. The number of rotatable bonds is 6. The Hall–Kier alpha value is -1.55. The van der Waals surface area contributed by atoms with Crippen LogP contribution in [0.4, 0.5) is 0 Å². The highest BCUT2D eigenvalue weighted by Gasteiger charge is 2.23. The van der Waals surface area contributed by atoms with Crippen LogP contribution in [0.1, 0.15) is 50.5 Å². The lowest BCUT2D eigenvalue weighted by atomic mass is 10.0. The van der Waals surface area contributed by atoms with Crippen LogP contribution in [0.3, 0.4) is 0 Å². The molecule has 0 atom stereocenters. The van der Waals surface area contributed by atoms with Crippen molar-refractivity contribution in [3.05, 3.63) is 29.8 Å². The molecule has 3 rings (SSSR count). The van der Waals surface area contributed by atoms with Crippen LogP contribution >= 0.6 is 0 Å². The first-order valence-electron chi connectivity index (χ1n) is 9.81. The minimum atomic E-state index is 0.291. The van der Waals surface area contributed by atoms with Crippen molar-refractivity contribution in [2.75, 3.05) is 27.2 Å². The lowest BCUT2D eigenvalue weighted by Gasteiger charge is -2.35. The second-order valence-electron chi connectivity index (χ2n) is 7.75. The van der Waals surface area contributed by atoms with Crippen molar-refractivity contribution in [3.8, 4) is 5.75 Å². The number of aryl methyl sites for hydroxylation is 1. The molecule has 1 aromatic carbocycles. The molecule has 0 N–H and O–H groups in total. The third-order valence-corrected chi connectivity index (χ3v) is 5.68. The average molecular weight is 344 g/mol. The molecule has 1 amide bonds.